The molecular weight excluding hydrogens is 337 g/mol. The van der Waals surface area contributed by atoms with Crippen LogP contribution >= 0.6 is 0 Å². The number of hydrogen-bond donors (Lipinski definition) is 2. The molecule has 136 valence electrons. The first-order chi connectivity index (χ1) is 12.3. The number of amides is 3. The highest BCUT2D eigenvalue weighted by atomic mass is 19.1. The highest BCUT2D eigenvalue weighted by Crippen LogP contribution is 2.18. The summed E-state index contributed by atoms with van der Waals surface area (Å²) >= 11 is 0. The van der Waals surface area contributed by atoms with Gasteiger partial charge in [-0.05, 0) is 42.0 Å². The summed E-state index contributed by atoms with van der Waals surface area (Å²) in [5.41, 5.74) is 7.06. The van der Waals surface area contributed by atoms with Crippen LogP contribution in [0.15, 0.2) is 48.5 Å². The number of halogens is 1. The Bertz CT molecular complexity index is 789. The van der Waals surface area contributed by atoms with Gasteiger partial charge in [-0.2, -0.15) is 0 Å². The molecule has 0 spiro atoms. The lowest BCUT2D eigenvalue weighted by molar-refractivity contribution is -0.119. The van der Waals surface area contributed by atoms with E-state index < -0.39 is 11.7 Å². The maximum absolute atomic E-state index is 13.1. The molecule has 2 aromatic rings. The first-order valence-corrected chi connectivity index (χ1v) is 8.06. The topological polar surface area (TPSA) is 92.5 Å². The average molecular weight is 357 g/mol. The molecule has 26 heavy (non-hydrogen) atoms. The zero-order valence-electron chi connectivity index (χ0n) is 14.4. The largest absolute Gasteiger partial charge is 0.370 e. The quantitative estimate of drug-likeness (QED) is 0.796. The second kappa shape index (κ2) is 8.75. The summed E-state index contributed by atoms with van der Waals surface area (Å²) in [4.78, 5) is 36.2. The van der Waals surface area contributed by atoms with Crippen LogP contribution in [0.3, 0.4) is 0 Å². The number of primary amides is 1. The number of nitrogens with one attached hydrogen (secondary N) is 1. The maximum Gasteiger partial charge on any atom is 0.231 e. The van der Waals surface area contributed by atoms with Crippen molar-refractivity contribution in [3.05, 3.63) is 59.9 Å². The minimum absolute atomic E-state index is 0.00455. The van der Waals surface area contributed by atoms with Gasteiger partial charge in [0, 0.05) is 31.3 Å². The number of carbonyl (C=O) groups is 3. The Kier molecular flexibility index (Phi) is 6.43. The second-order valence-corrected chi connectivity index (χ2v) is 5.79. The zero-order chi connectivity index (χ0) is 19.1. The molecule has 0 aromatic heterocycles. The van der Waals surface area contributed by atoms with Crippen molar-refractivity contribution >= 4 is 29.1 Å². The van der Waals surface area contributed by atoms with E-state index >= 15 is 0 Å². The van der Waals surface area contributed by atoms with Gasteiger partial charge in [-0.1, -0.05) is 12.1 Å². The summed E-state index contributed by atoms with van der Waals surface area (Å²) in [6.45, 7) is 1.53. The van der Waals surface area contributed by atoms with Crippen molar-refractivity contribution < 1.29 is 18.8 Å². The summed E-state index contributed by atoms with van der Waals surface area (Å²) in [5.74, 6) is -1.36. The molecule has 0 bridgehead atoms. The molecule has 0 fully saturated rings. The zero-order valence-corrected chi connectivity index (χ0v) is 14.4. The summed E-state index contributed by atoms with van der Waals surface area (Å²) in [6.07, 6.45) is 0.0983. The van der Waals surface area contributed by atoms with E-state index in [4.69, 9.17) is 5.73 Å². The Balaban J connectivity index is 2.13. The Morgan fingerprint density at radius 2 is 1.65 bits per heavy atom. The number of carbonyl (C=O) groups excluding carboxylic acids is 3. The van der Waals surface area contributed by atoms with Crippen LogP contribution in [0, 0.1) is 5.82 Å². The van der Waals surface area contributed by atoms with Crippen LogP contribution in [0.4, 0.5) is 15.8 Å². The third-order valence-corrected chi connectivity index (χ3v) is 3.65. The lowest BCUT2D eigenvalue weighted by atomic mass is 10.1. The van der Waals surface area contributed by atoms with E-state index in [2.05, 4.69) is 5.32 Å². The van der Waals surface area contributed by atoms with E-state index in [9.17, 15) is 18.8 Å². The monoisotopic (exact) mass is 357 g/mol. The SMILES string of the molecule is CC(=O)Nc1ccc(CC(=O)N(CCC(N)=O)c2ccc(F)cc2)cc1. The van der Waals surface area contributed by atoms with Gasteiger partial charge in [0.25, 0.3) is 0 Å². The van der Waals surface area contributed by atoms with E-state index in [0.29, 0.717) is 11.4 Å². The van der Waals surface area contributed by atoms with Crippen molar-refractivity contribution in [1.82, 2.24) is 0 Å². The fraction of sp³-hybridized carbons (Fsp3) is 0.211. The number of anilines is 2. The number of nitrogens with zero attached hydrogens (tertiary/aromatic N) is 1. The van der Waals surface area contributed by atoms with Crippen LogP contribution in [0.1, 0.15) is 18.9 Å². The summed E-state index contributed by atoms with van der Waals surface area (Å²) in [7, 11) is 0. The Labute approximate surface area is 150 Å². The van der Waals surface area contributed by atoms with Gasteiger partial charge in [0.15, 0.2) is 0 Å². The molecule has 3 N–H and O–H groups in total. The van der Waals surface area contributed by atoms with E-state index in [1.165, 1.54) is 36.1 Å². The van der Waals surface area contributed by atoms with Gasteiger partial charge < -0.3 is 16.0 Å². The van der Waals surface area contributed by atoms with Crippen molar-refractivity contribution in [3.8, 4) is 0 Å². The minimum Gasteiger partial charge on any atom is -0.370 e. The lowest BCUT2D eigenvalue weighted by Crippen LogP contribution is -2.35. The smallest absolute Gasteiger partial charge is 0.231 e. The van der Waals surface area contributed by atoms with Gasteiger partial charge in [-0.25, -0.2) is 4.39 Å². The first-order valence-electron chi connectivity index (χ1n) is 8.06. The molecule has 0 aliphatic rings. The molecule has 2 aromatic carbocycles. The lowest BCUT2D eigenvalue weighted by Gasteiger charge is -2.22. The number of hydrogen-bond acceptors (Lipinski definition) is 3. The predicted octanol–water partition coefficient (Wildman–Crippen LogP) is 2.24. The maximum atomic E-state index is 13.1. The van der Waals surface area contributed by atoms with E-state index in [-0.39, 0.29) is 31.2 Å². The molecule has 3 amide bonds. The molecule has 2 rings (SSSR count). The molecule has 0 saturated heterocycles. The van der Waals surface area contributed by atoms with Crippen molar-refractivity contribution in [3.63, 3.8) is 0 Å². The molecule has 0 aliphatic heterocycles. The third kappa shape index (κ3) is 5.70. The van der Waals surface area contributed by atoms with Gasteiger partial charge in [-0.3, -0.25) is 14.4 Å². The summed E-state index contributed by atoms with van der Waals surface area (Å²) in [6, 6.07) is 12.3. The standard InChI is InChI=1S/C19H20FN3O3/c1-13(24)22-16-6-2-14(3-7-16)12-19(26)23(11-10-18(21)25)17-8-4-15(20)5-9-17/h2-9H,10-12H2,1H3,(H2,21,25)(H,22,24). The molecule has 0 radical (unpaired) electrons. The second-order valence-electron chi connectivity index (χ2n) is 5.79. The van der Waals surface area contributed by atoms with E-state index in [1.807, 2.05) is 0 Å². The molecule has 0 unspecified atom stereocenters. The molecule has 0 atom stereocenters. The fourth-order valence-electron chi connectivity index (χ4n) is 2.42. The molecule has 0 heterocycles. The third-order valence-electron chi connectivity index (χ3n) is 3.65. The Morgan fingerprint density at radius 1 is 1.04 bits per heavy atom. The predicted molar refractivity (Wildman–Crippen MR) is 97.0 cm³/mol. The van der Waals surface area contributed by atoms with Crippen molar-refractivity contribution in [2.75, 3.05) is 16.8 Å². The summed E-state index contributed by atoms with van der Waals surface area (Å²) in [5, 5.41) is 2.65. The highest BCUT2D eigenvalue weighted by Gasteiger charge is 2.17. The van der Waals surface area contributed by atoms with Crippen LogP contribution in [-0.4, -0.2) is 24.3 Å². The molecule has 0 aliphatic carbocycles. The van der Waals surface area contributed by atoms with E-state index in [1.54, 1.807) is 24.3 Å². The van der Waals surface area contributed by atoms with Gasteiger partial charge >= 0.3 is 0 Å². The van der Waals surface area contributed by atoms with Crippen LogP contribution in [-0.2, 0) is 20.8 Å². The molecule has 0 saturated carbocycles. The normalized spacial score (nSPS) is 10.2. The van der Waals surface area contributed by atoms with Crippen LogP contribution < -0.4 is 16.0 Å². The van der Waals surface area contributed by atoms with Gasteiger partial charge in [0.2, 0.25) is 17.7 Å². The van der Waals surface area contributed by atoms with Crippen LogP contribution in [0.2, 0.25) is 0 Å². The van der Waals surface area contributed by atoms with Crippen molar-refractivity contribution in [2.24, 2.45) is 5.73 Å². The summed E-state index contributed by atoms with van der Waals surface area (Å²) < 4.78 is 13.1. The van der Waals surface area contributed by atoms with Gasteiger partial charge in [0.1, 0.15) is 5.82 Å². The van der Waals surface area contributed by atoms with Crippen molar-refractivity contribution in [1.29, 1.82) is 0 Å². The highest BCUT2D eigenvalue weighted by molar-refractivity contribution is 5.95. The van der Waals surface area contributed by atoms with Gasteiger partial charge in [0.05, 0.1) is 6.42 Å². The first kappa shape index (κ1) is 19.1. The molecular formula is C19H20FN3O3. The Hall–Kier alpha value is -3.22. The minimum atomic E-state index is -0.524. The molecule has 6 nitrogen and oxygen atoms in total. The average Bonchev–Trinajstić information content (AvgIpc) is 2.57. The number of nitrogens with two attached hydrogens (primary N) is 1. The number of rotatable bonds is 7. The van der Waals surface area contributed by atoms with Crippen molar-refractivity contribution in [2.45, 2.75) is 19.8 Å². The van der Waals surface area contributed by atoms with E-state index in [0.717, 1.165) is 5.56 Å². The molecule has 7 heteroatoms. The van der Waals surface area contributed by atoms with Crippen LogP contribution in [0.5, 0.6) is 0 Å². The Morgan fingerprint density at radius 3 is 2.19 bits per heavy atom. The fourth-order valence-corrected chi connectivity index (χ4v) is 2.42. The van der Waals surface area contributed by atoms with Gasteiger partial charge in [-0.15, -0.1) is 0 Å². The number of benzene rings is 2. The van der Waals surface area contributed by atoms with Crippen LogP contribution in [0.25, 0.3) is 0 Å².